The highest BCUT2D eigenvalue weighted by molar-refractivity contribution is 9.09. The van der Waals surface area contributed by atoms with Gasteiger partial charge in [0.05, 0.1) is 4.83 Å². The minimum absolute atomic E-state index is 0.280. The summed E-state index contributed by atoms with van der Waals surface area (Å²) in [4.78, 5) is 0.280. The van der Waals surface area contributed by atoms with Crippen LogP contribution in [0.25, 0.3) is 0 Å². The molecule has 0 aromatic heterocycles. The van der Waals surface area contributed by atoms with Gasteiger partial charge in [-0.05, 0) is 12.5 Å². The summed E-state index contributed by atoms with van der Waals surface area (Å²) >= 11 is 3.50. The van der Waals surface area contributed by atoms with Crippen molar-refractivity contribution in [1.29, 1.82) is 0 Å². The Kier molecular flexibility index (Phi) is 2.89. The number of hydrogen-bond acceptors (Lipinski definition) is 0. The third-order valence-corrected chi connectivity index (χ3v) is 2.47. The van der Waals surface area contributed by atoms with Crippen molar-refractivity contribution < 1.29 is 0 Å². The highest BCUT2D eigenvalue weighted by atomic mass is 79.9. The Balaban J connectivity index is 2.95. The minimum atomic E-state index is 0.280. The Labute approximate surface area is 76.1 Å². The van der Waals surface area contributed by atoms with E-state index in [0.717, 1.165) is 0 Å². The summed E-state index contributed by atoms with van der Waals surface area (Å²) in [5.41, 5.74) is 2.55. The highest BCUT2D eigenvalue weighted by Gasteiger charge is 2.00. The molecule has 0 aliphatic heterocycles. The van der Waals surface area contributed by atoms with Gasteiger partial charge in [0.2, 0.25) is 0 Å². The lowest BCUT2D eigenvalue weighted by Crippen LogP contribution is -1.84. The molecule has 11 heavy (non-hydrogen) atoms. The Morgan fingerprint density at radius 2 is 2.27 bits per heavy atom. The molecule has 0 aliphatic carbocycles. The van der Waals surface area contributed by atoms with Crippen molar-refractivity contribution in [2.24, 2.45) is 0 Å². The normalized spacial score (nSPS) is 12.5. The fourth-order valence-corrected chi connectivity index (χ4v) is 1.26. The van der Waals surface area contributed by atoms with Crippen molar-refractivity contribution in [2.45, 2.75) is 11.8 Å². The predicted molar refractivity (Wildman–Crippen MR) is 53.0 cm³/mol. The average molecular weight is 211 g/mol. The number of rotatable bonds is 2. The van der Waals surface area contributed by atoms with Gasteiger partial charge in [-0.15, -0.1) is 6.58 Å². The fraction of sp³-hybridized carbons (Fsp3) is 0.200. The second kappa shape index (κ2) is 3.72. The maximum absolute atomic E-state index is 3.72. The van der Waals surface area contributed by atoms with Crippen molar-refractivity contribution in [2.75, 3.05) is 0 Å². The fourth-order valence-electron chi connectivity index (χ4n) is 0.978. The number of aryl methyl sites for hydroxylation is 1. The number of benzene rings is 1. The van der Waals surface area contributed by atoms with Gasteiger partial charge < -0.3 is 0 Å². The van der Waals surface area contributed by atoms with Crippen LogP contribution in [0.5, 0.6) is 0 Å². The zero-order valence-corrected chi connectivity index (χ0v) is 8.14. The van der Waals surface area contributed by atoms with Crippen LogP contribution in [0.4, 0.5) is 0 Å². The summed E-state index contributed by atoms with van der Waals surface area (Å²) in [5, 5.41) is 0. The first-order valence-electron chi connectivity index (χ1n) is 3.57. The molecular formula is C10H11Br. The van der Waals surface area contributed by atoms with E-state index in [4.69, 9.17) is 0 Å². The molecule has 1 aromatic rings. The van der Waals surface area contributed by atoms with Gasteiger partial charge in [-0.1, -0.05) is 51.8 Å². The molecule has 0 amide bonds. The standard InChI is InChI=1S/C10H11Br/c1-3-10(11)9-6-4-5-8(2)7-9/h3-7,10H,1H2,2H3. The van der Waals surface area contributed by atoms with E-state index in [9.17, 15) is 0 Å². The van der Waals surface area contributed by atoms with Crippen molar-refractivity contribution in [3.8, 4) is 0 Å². The van der Waals surface area contributed by atoms with Gasteiger partial charge in [-0.25, -0.2) is 0 Å². The first-order chi connectivity index (χ1) is 5.24. The van der Waals surface area contributed by atoms with Crippen molar-refractivity contribution >= 4 is 15.9 Å². The third kappa shape index (κ3) is 2.19. The molecule has 0 bridgehead atoms. The van der Waals surface area contributed by atoms with E-state index in [1.165, 1.54) is 11.1 Å². The van der Waals surface area contributed by atoms with Crippen LogP contribution in [0, 0.1) is 6.92 Å². The number of alkyl halides is 1. The second-order valence-corrected chi connectivity index (χ2v) is 3.54. The predicted octanol–water partition coefficient (Wildman–Crippen LogP) is 3.62. The first kappa shape index (κ1) is 8.54. The van der Waals surface area contributed by atoms with E-state index < -0.39 is 0 Å². The summed E-state index contributed by atoms with van der Waals surface area (Å²) in [6.45, 7) is 5.81. The van der Waals surface area contributed by atoms with Crippen LogP contribution in [-0.4, -0.2) is 0 Å². The second-order valence-electron chi connectivity index (χ2n) is 2.55. The zero-order valence-electron chi connectivity index (χ0n) is 6.55. The highest BCUT2D eigenvalue weighted by Crippen LogP contribution is 2.23. The molecule has 0 fully saturated rings. The van der Waals surface area contributed by atoms with Crippen LogP contribution in [0.1, 0.15) is 16.0 Å². The molecule has 0 radical (unpaired) electrons. The lowest BCUT2D eigenvalue weighted by atomic mass is 10.1. The van der Waals surface area contributed by atoms with Gasteiger partial charge in [0.1, 0.15) is 0 Å². The topological polar surface area (TPSA) is 0 Å². The van der Waals surface area contributed by atoms with Crippen LogP contribution in [0.2, 0.25) is 0 Å². The molecule has 1 heteroatoms. The third-order valence-electron chi connectivity index (χ3n) is 1.57. The molecule has 0 nitrogen and oxygen atoms in total. The molecule has 1 unspecified atom stereocenters. The van der Waals surface area contributed by atoms with E-state index in [0.29, 0.717) is 0 Å². The molecule has 1 aromatic carbocycles. The summed E-state index contributed by atoms with van der Waals surface area (Å²) in [6.07, 6.45) is 1.88. The molecule has 58 valence electrons. The minimum Gasteiger partial charge on any atom is -0.102 e. The average Bonchev–Trinajstić information content (AvgIpc) is 2.03. The summed E-state index contributed by atoms with van der Waals surface area (Å²) in [7, 11) is 0. The molecule has 0 saturated carbocycles. The summed E-state index contributed by atoms with van der Waals surface area (Å²) in [6, 6.07) is 8.39. The van der Waals surface area contributed by atoms with Crippen LogP contribution in [0.3, 0.4) is 0 Å². The van der Waals surface area contributed by atoms with Gasteiger partial charge in [0, 0.05) is 0 Å². The summed E-state index contributed by atoms with van der Waals surface area (Å²) in [5.74, 6) is 0. The van der Waals surface area contributed by atoms with Gasteiger partial charge in [-0.3, -0.25) is 0 Å². The van der Waals surface area contributed by atoms with Crippen molar-refractivity contribution in [1.82, 2.24) is 0 Å². The molecule has 0 aliphatic rings. The van der Waals surface area contributed by atoms with Gasteiger partial charge >= 0.3 is 0 Å². The largest absolute Gasteiger partial charge is 0.102 e. The monoisotopic (exact) mass is 210 g/mol. The van der Waals surface area contributed by atoms with Gasteiger partial charge in [-0.2, -0.15) is 0 Å². The number of hydrogen-bond donors (Lipinski definition) is 0. The molecule has 0 spiro atoms. The Bertz CT molecular complexity index is 253. The van der Waals surface area contributed by atoms with Gasteiger partial charge in [0.15, 0.2) is 0 Å². The molecule has 0 saturated heterocycles. The van der Waals surface area contributed by atoms with E-state index in [-0.39, 0.29) is 4.83 Å². The summed E-state index contributed by atoms with van der Waals surface area (Å²) < 4.78 is 0. The first-order valence-corrected chi connectivity index (χ1v) is 4.49. The van der Waals surface area contributed by atoms with Crippen LogP contribution < -0.4 is 0 Å². The Morgan fingerprint density at radius 1 is 1.55 bits per heavy atom. The SMILES string of the molecule is C=CC(Br)c1cccc(C)c1. The molecule has 1 rings (SSSR count). The van der Waals surface area contributed by atoms with E-state index in [1.54, 1.807) is 0 Å². The quantitative estimate of drug-likeness (QED) is 0.517. The van der Waals surface area contributed by atoms with Crippen LogP contribution >= 0.6 is 15.9 Å². The lowest BCUT2D eigenvalue weighted by molar-refractivity contribution is 1.24. The Hall–Kier alpha value is -0.560. The van der Waals surface area contributed by atoms with E-state index in [1.807, 2.05) is 6.08 Å². The number of allylic oxidation sites excluding steroid dienone is 1. The van der Waals surface area contributed by atoms with Crippen LogP contribution in [0.15, 0.2) is 36.9 Å². The maximum Gasteiger partial charge on any atom is 0.0572 e. The molecular weight excluding hydrogens is 200 g/mol. The maximum atomic E-state index is 3.72. The lowest BCUT2D eigenvalue weighted by Gasteiger charge is -2.04. The molecule has 0 heterocycles. The number of halogens is 1. The molecule has 0 N–H and O–H groups in total. The van der Waals surface area contributed by atoms with Crippen molar-refractivity contribution in [3.05, 3.63) is 48.0 Å². The van der Waals surface area contributed by atoms with Crippen molar-refractivity contribution in [3.63, 3.8) is 0 Å². The van der Waals surface area contributed by atoms with Gasteiger partial charge in [0.25, 0.3) is 0 Å². The van der Waals surface area contributed by atoms with Crippen LogP contribution in [-0.2, 0) is 0 Å². The smallest absolute Gasteiger partial charge is 0.0572 e. The zero-order chi connectivity index (χ0) is 8.27. The molecule has 1 atom stereocenters. The van der Waals surface area contributed by atoms with E-state index in [2.05, 4.69) is 53.7 Å². The van der Waals surface area contributed by atoms with E-state index >= 15 is 0 Å². The Morgan fingerprint density at radius 3 is 2.82 bits per heavy atom.